The fourth-order valence-electron chi connectivity index (χ4n) is 5.49. The van der Waals surface area contributed by atoms with Gasteiger partial charge in [0.2, 0.25) is 5.91 Å². The smallest absolute Gasteiger partial charge is 0.246 e. The van der Waals surface area contributed by atoms with E-state index in [1.54, 1.807) is 4.90 Å². The number of rotatable bonds is 4. The van der Waals surface area contributed by atoms with Gasteiger partial charge in [0.05, 0.1) is 13.2 Å². The van der Waals surface area contributed by atoms with Crippen molar-refractivity contribution in [3.05, 3.63) is 88.0 Å². The van der Waals surface area contributed by atoms with Gasteiger partial charge in [-0.2, -0.15) is 0 Å². The molecule has 0 saturated carbocycles. The maximum atomic E-state index is 14.0. The van der Waals surface area contributed by atoms with E-state index >= 15 is 0 Å². The van der Waals surface area contributed by atoms with Crippen molar-refractivity contribution in [2.45, 2.75) is 32.1 Å². The third kappa shape index (κ3) is 2.92. The predicted molar refractivity (Wildman–Crippen MR) is 125 cm³/mol. The molecule has 3 aromatic rings. The van der Waals surface area contributed by atoms with E-state index in [4.69, 9.17) is 9.47 Å². The number of hydrogen-bond donors (Lipinski definition) is 0. The number of aryl methyl sites for hydroxylation is 2. The lowest BCUT2D eigenvalue weighted by Gasteiger charge is -2.23. The number of carbonyl (C=O) groups is 2. The minimum absolute atomic E-state index is 0.0173. The van der Waals surface area contributed by atoms with Crippen LogP contribution in [0.25, 0.3) is 0 Å². The summed E-state index contributed by atoms with van der Waals surface area (Å²) < 4.78 is 11.8. The maximum absolute atomic E-state index is 14.0. The van der Waals surface area contributed by atoms with Crippen LogP contribution >= 0.6 is 0 Å². The van der Waals surface area contributed by atoms with Crippen LogP contribution in [0.4, 0.5) is 5.69 Å². The molecule has 1 atom stereocenters. The molecular formula is C28H25NO4. The van der Waals surface area contributed by atoms with E-state index in [1.807, 2.05) is 56.3 Å². The second-order valence-electron chi connectivity index (χ2n) is 9.30. The fraction of sp³-hybridized carbons (Fsp3) is 0.286. The molecule has 0 aliphatic carbocycles. The van der Waals surface area contributed by atoms with Gasteiger partial charge in [0.1, 0.15) is 23.5 Å². The van der Waals surface area contributed by atoms with Gasteiger partial charge >= 0.3 is 0 Å². The SMILES string of the molecule is Cc1ccc(CC(=O)CN2C(=O)C3(COc4cc5c(cc43)CCO5)c3ccccc32)c(C)c1. The third-order valence-electron chi connectivity index (χ3n) is 7.18. The van der Waals surface area contributed by atoms with Crippen molar-refractivity contribution in [3.63, 3.8) is 0 Å². The Morgan fingerprint density at radius 1 is 1.00 bits per heavy atom. The Morgan fingerprint density at radius 3 is 2.70 bits per heavy atom. The summed E-state index contributed by atoms with van der Waals surface area (Å²) in [7, 11) is 0. The van der Waals surface area contributed by atoms with Gasteiger partial charge in [-0.1, -0.05) is 42.0 Å². The first kappa shape index (κ1) is 20.0. The van der Waals surface area contributed by atoms with Crippen molar-refractivity contribution in [1.82, 2.24) is 0 Å². The average molecular weight is 440 g/mol. The quantitative estimate of drug-likeness (QED) is 0.615. The van der Waals surface area contributed by atoms with Gasteiger partial charge in [-0.3, -0.25) is 9.59 Å². The summed E-state index contributed by atoms with van der Waals surface area (Å²) in [6.07, 6.45) is 1.13. The van der Waals surface area contributed by atoms with E-state index in [0.717, 1.165) is 45.7 Å². The number of ether oxygens (including phenoxy) is 2. The molecule has 0 saturated heterocycles. The van der Waals surface area contributed by atoms with Crippen molar-refractivity contribution in [3.8, 4) is 11.5 Å². The van der Waals surface area contributed by atoms with Crippen LogP contribution < -0.4 is 14.4 Å². The topological polar surface area (TPSA) is 55.8 Å². The molecule has 5 heteroatoms. The molecule has 0 N–H and O–H groups in total. The summed E-state index contributed by atoms with van der Waals surface area (Å²) in [6, 6.07) is 17.9. The largest absolute Gasteiger partial charge is 0.493 e. The number of nitrogens with zero attached hydrogens (tertiary/aromatic N) is 1. The number of carbonyl (C=O) groups excluding carboxylic acids is 2. The second-order valence-corrected chi connectivity index (χ2v) is 9.30. The van der Waals surface area contributed by atoms with Gasteiger partial charge in [-0.15, -0.1) is 0 Å². The Morgan fingerprint density at radius 2 is 1.85 bits per heavy atom. The van der Waals surface area contributed by atoms with Crippen LogP contribution in [-0.4, -0.2) is 31.4 Å². The first-order valence-electron chi connectivity index (χ1n) is 11.4. The molecular weight excluding hydrogens is 414 g/mol. The molecule has 3 aromatic carbocycles. The minimum atomic E-state index is -0.913. The number of anilines is 1. The molecule has 0 aromatic heterocycles. The van der Waals surface area contributed by atoms with E-state index in [9.17, 15) is 9.59 Å². The van der Waals surface area contributed by atoms with Gasteiger partial charge < -0.3 is 14.4 Å². The fourth-order valence-corrected chi connectivity index (χ4v) is 5.49. The highest BCUT2D eigenvalue weighted by Crippen LogP contribution is 2.53. The molecule has 0 fully saturated rings. The molecule has 0 bridgehead atoms. The zero-order valence-corrected chi connectivity index (χ0v) is 18.8. The van der Waals surface area contributed by atoms with Crippen molar-refractivity contribution in [2.24, 2.45) is 0 Å². The van der Waals surface area contributed by atoms with E-state index in [0.29, 0.717) is 18.8 Å². The van der Waals surface area contributed by atoms with Crippen molar-refractivity contribution in [2.75, 3.05) is 24.7 Å². The van der Waals surface area contributed by atoms with E-state index in [2.05, 4.69) is 12.1 Å². The van der Waals surface area contributed by atoms with Gasteiger partial charge in [0.25, 0.3) is 0 Å². The molecule has 0 radical (unpaired) electrons. The lowest BCUT2D eigenvalue weighted by atomic mass is 9.76. The highest BCUT2D eigenvalue weighted by Gasteiger charge is 2.57. The Kier molecular flexibility index (Phi) is 4.37. The molecule has 166 valence electrons. The van der Waals surface area contributed by atoms with Crippen LogP contribution in [0.2, 0.25) is 0 Å². The number of benzene rings is 3. The molecule has 3 aliphatic heterocycles. The van der Waals surface area contributed by atoms with Crippen LogP contribution in [0.5, 0.6) is 11.5 Å². The van der Waals surface area contributed by atoms with Crippen molar-refractivity contribution < 1.29 is 19.1 Å². The average Bonchev–Trinajstić information content (AvgIpc) is 3.47. The molecule has 1 unspecified atom stereocenters. The van der Waals surface area contributed by atoms with Gasteiger partial charge in [0, 0.05) is 30.2 Å². The highest BCUT2D eigenvalue weighted by molar-refractivity contribution is 6.14. The lowest BCUT2D eigenvalue weighted by molar-refractivity contribution is -0.124. The molecule has 1 amide bonds. The molecule has 3 heterocycles. The van der Waals surface area contributed by atoms with Crippen LogP contribution in [0.15, 0.2) is 54.6 Å². The van der Waals surface area contributed by atoms with E-state index in [1.165, 1.54) is 5.56 Å². The number of para-hydroxylation sites is 1. The lowest BCUT2D eigenvalue weighted by Crippen LogP contribution is -2.44. The van der Waals surface area contributed by atoms with Crippen LogP contribution in [0.3, 0.4) is 0 Å². The number of amides is 1. The summed E-state index contributed by atoms with van der Waals surface area (Å²) in [4.78, 5) is 28.8. The predicted octanol–water partition coefficient (Wildman–Crippen LogP) is 4.08. The number of fused-ring (bicyclic) bond motifs is 5. The normalized spacial score (nSPS) is 19.8. The monoisotopic (exact) mass is 439 g/mol. The first-order valence-corrected chi connectivity index (χ1v) is 11.4. The summed E-state index contributed by atoms with van der Waals surface area (Å²) in [5.74, 6) is 1.46. The minimum Gasteiger partial charge on any atom is -0.493 e. The number of ketones is 1. The van der Waals surface area contributed by atoms with Crippen LogP contribution in [-0.2, 0) is 27.8 Å². The third-order valence-corrected chi connectivity index (χ3v) is 7.18. The highest BCUT2D eigenvalue weighted by atomic mass is 16.5. The Labute approximate surface area is 192 Å². The molecule has 3 aliphatic rings. The summed E-state index contributed by atoms with van der Waals surface area (Å²) >= 11 is 0. The van der Waals surface area contributed by atoms with Crippen molar-refractivity contribution in [1.29, 1.82) is 0 Å². The number of Topliss-reactive ketones (excluding diaryl/α,β-unsaturated/α-hetero) is 1. The van der Waals surface area contributed by atoms with E-state index in [-0.39, 0.29) is 24.8 Å². The first-order chi connectivity index (χ1) is 16.0. The maximum Gasteiger partial charge on any atom is 0.246 e. The molecule has 6 rings (SSSR count). The summed E-state index contributed by atoms with van der Waals surface area (Å²) in [5, 5.41) is 0. The molecule has 1 spiro atoms. The zero-order valence-electron chi connectivity index (χ0n) is 18.8. The van der Waals surface area contributed by atoms with Gasteiger partial charge in [-0.25, -0.2) is 0 Å². The Bertz CT molecular complexity index is 1330. The van der Waals surface area contributed by atoms with Gasteiger partial charge in [-0.05, 0) is 48.2 Å². The van der Waals surface area contributed by atoms with Crippen LogP contribution in [0.1, 0.15) is 33.4 Å². The zero-order chi connectivity index (χ0) is 22.7. The Hall–Kier alpha value is -3.60. The molecule has 5 nitrogen and oxygen atoms in total. The van der Waals surface area contributed by atoms with Crippen molar-refractivity contribution >= 4 is 17.4 Å². The van der Waals surface area contributed by atoms with Gasteiger partial charge in [0.15, 0.2) is 5.78 Å². The Balaban J connectivity index is 1.36. The summed E-state index contributed by atoms with van der Waals surface area (Å²) in [5.41, 5.74) is 6.06. The standard InChI is InChI=1S/C28H25NO4/c1-17-7-8-19(18(2)11-17)12-21(30)15-29-24-6-4-3-5-22(24)28(27(29)31)16-33-26-14-25-20(9-10-32-25)13-23(26)28/h3-8,11,13-14H,9-10,12,15-16H2,1-2H3. The summed E-state index contributed by atoms with van der Waals surface area (Å²) in [6.45, 7) is 5.00. The molecule has 33 heavy (non-hydrogen) atoms. The van der Waals surface area contributed by atoms with E-state index < -0.39 is 5.41 Å². The van der Waals surface area contributed by atoms with Crippen LogP contribution in [0, 0.1) is 13.8 Å². The number of hydrogen-bond acceptors (Lipinski definition) is 4. The second kappa shape index (κ2) is 7.20.